The average Bonchev–Trinajstić information content (AvgIpc) is 3.37. The lowest BCUT2D eigenvalue weighted by atomic mass is 9.73. The minimum absolute atomic E-state index is 0.0270. The van der Waals surface area contributed by atoms with Gasteiger partial charge in [0.05, 0.1) is 5.60 Å². The van der Waals surface area contributed by atoms with Crippen LogP contribution in [0.3, 0.4) is 0 Å². The summed E-state index contributed by atoms with van der Waals surface area (Å²) in [7, 11) is 0. The molecular formula is C26H38N4OS. The normalized spacial score (nSPS) is 14.5. The summed E-state index contributed by atoms with van der Waals surface area (Å²) in [6, 6.07) is 9.02. The number of aromatic nitrogens is 4. The predicted molar refractivity (Wildman–Crippen MR) is 133 cm³/mol. The topological polar surface area (TPSA) is 74.7 Å². The molecule has 3 rings (SSSR count). The molecule has 2 N–H and O–H groups in total. The van der Waals surface area contributed by atoms with Crippen LogP contribution >= 0.6 is 11.3 Å². The molecule has 0 aliphatic carbocycles. The van der Waals surface area contributed by atoms with Gasteiger partial charge in [-0.15, -0.1) is 21.5 Å². The molecule has 0 spiro atoms. The summed E-state index contributed by atoms with van der Waals surface area (Å²) in [5.74, 6) is 0.632. The summed E-state index contributed by atoms with van der Waals surface area (Å²) in [6.45, 7) is 17.2. The zero-order valence-electron chi connectivity index (χ0n) is 20.8. The molecule has 174 valence electrons. The molecule has 6 heteroatoms. The highest BCUT2D eigenvalue weighted by Crippen LogP contribution is 2.45. The molecule has 1 unspecified atom stereocenters. The second-order valence-corrected chi connectivity index (χ2v) is 11.4. The summed E-state index contributed by atoms with van der Waals surface area (Å²) >= 11 is 1.92. The number of tetrazole rings is 1. The molecule has 3 aromatic rings. The van der Waals surface area contributed by atoms with Crippen molar-refractivity contribution >= 4 is 11.3 Å². The fourth-order valence-electron chi connectivity index (χ4n) is 4.37. The summed E-state index contributed by atoms with van der Waals surface area (Å²) in [5.41, 5.74) is 3.97. The molecule has 2 heterocycles. The van der Waals surface area contributed by atoms with Crippen LogP contribution in [0.15, 0.2) is 24.3 Å². The minimum Gasteiger partial charge on any atom is -0.390 e. The van der Waals surface area contributed by atoms with Gasteiger partial charge in [-0.3, -0.25) is 0 Å². The zero-order chi connectivity index (χ0) is 23.7. The van der Waals surface area contributed by atoms with E-state index in [1.165, 1.54) is 20.9 Å². The van der Waals surface area contributed by atoms with E-state index in [4.69, 9.17) is 0 Å². The van der Waals surface area contributed by atoms with E-state index in [0.717, 1.165) is 36.8 Å². The molecule has 0 saturated carbocycles. The van der Waals surface area contributed by atoms with Gasteiger partial charge in [0.2, 0.25) is 5.82 Å². The van der Waals surface area contributed by atoms with Crippen LogP contribution in [-0.2, 0) is 11.8 Å². The number of aromatic amines is 1. The quantitative estimate of drug-likeness (QED) is 0.414. The van der Waals surface area contributed by atoms with Crippen molar-refractivity contribution in [3.05, 3.63) is 50.7 Å². The monoisotopic (exact) mass is 454 g/mol. The Morgan fingerprint density at radius 2 is 1.69 bits per heavy atom. The van der Waals surface area contributed by atoms with Gasteiger partial charge in [0.15, 0.2) is 0 Å². The molecule has 32 heavy (non-hydrogen) atoms. The van der Waals surface area contributed by atoms with E-state index in [1.54, 1.807) is 0 Å². The number of aryl methyl sites for hydroxylation is 3. The highest BCUT2D eigenvalue weighted by molar-refractivity contribution is 7.12. The Bertz CT molecular complexity index is 1040. The third-order valence-electron chi connectivity index (χ3n) is 7.52. The third kappa shape index (κ3) is 4.53. The molecule has 1 atom stereocenters. The van der Waals surface area contributed by atoms with Crippen LogP contribution in [0.1, 0.15) is 87.2 Å². The molecule has 0 amide bonds. The van der Waals surface area contributed by atoms with Gasteiger partial charge in [-0.25, -0.2) is 0 Å². The van der Waals surface area contributed by atoms with E-state index in [0.29, 0.717) is 5.82 Å². The van der Waals surface area contributed by atoms with Crippen molar-refractivity contribution in [3.63, 3.8) is 0 Å². The molecule has 1 aromatic carbocycles. The van der Waals surface area contributed by atoms with Crippen molar-refractivity contribution in [2.45, 2.75) is 92.1 Å². The number of rotatable bonds is 8. The van der Waals surface area contributed by atoms with E-state index in [1.807, 2.05) is 18.3 Å². The first-order valence-corrected chi connectivity index (χ1v) is 12.4. The van der Waals surface area contributed by atoms with E-state index in [9.17, 15) is 5.11 Å². The first-order chi connectivity index (χ1) is 14.9. The molecule has 2 aromatic heterocycles. The van der Waals surface area contributed by atoms with Gasteiger partial charge >= 0.3 is 0 Å². The average molecular weight is 455 g/mol. The third-order valence-corrected chi connectivity index (χ3v) is 9.02. The Balaban J connectivity index is 1.95. The molecule has 0 radical (unpaired) electrons. The van der Waals surface area contributed by atoms with Gasteiger partial charge in [-0.05, 0) is 79.8 Å². The number of nitrogens with one attached hydrogen (secondary N) is 1. The molecular weight excluding hydrogens is 416 g/mol. The van der Waals surface area contributed by atoms with Gasteiger partial charge < -0.3 is 5.11 Å². The summed E-state index contributed by atoms with van der Waals surface area (Å²) in [6.07, 6.45) is 3.73. The van der Waals surface area contributed by atoms with Crippen LogP contribution < -0.4 is 0 Å². The van der Waals surface area contributed by atoms with Crippen molar-refractivity contribution in [3.8, 4) is 11.4 Å². The zero-order valence-corrected chi connectivity index (χ0v) is 21.7. The molecule has 0 saturated heterocycles. The summed E-state index contributed by atoms with van der Waals surface area (Å²) in [4.78, 5) is 2.80. The van der Waals surface area contributed by atoms with Crippen LogP contribution in [0, 0.1) is 19.3 Å². The van der Waals surface area contributed by atoms with Crippen molar-refractivity contribution < 1.29 is 5.11 Å². The van der Waals surface area contributed by atoms with Crippen LogP contribution in [0.2, 0.25) is 0 Å². The van der Waals surface area contributed by atoms with Crippen LogP contribution in [0.4, 0.5) is 0 Å². The number of hydrogen-bond donors (Lipinski definition) is 2. The van der Waals surface area contributed by atoms with E-state index < -0.39 is 5.60 Å². The van der Waals surface area contributed by atoms with Crippen LogP contribution in [-0.4, -0.2) is 31.3 Å². The van der Waals surface area contributed by atoms with Crippen molar-refractivity contribution in [2.24, 2.45) is 5.41 Å². The molecule has 5 nitrogen and oxygen atoms in total. The lowest BCUT2D eigenvalue weighted by Crippen LogP contribution is -2.40. The minimum atomic E-state index is -0.696. The maximum Gasteiger partial charge on any atom is 0.204 e. The number of nitrogens with zero attached hydrogens (tertiary/aromatic N) is 3. The number of benzene rings is 1. The van der Waals surface area contributed by atoms with Crippen molar-refractivity contribution in [1.82, 2.24) is 20.6 Å². The fourth-order valence-corrected chi connectivity index (χ4v) is 5.90. The molecule has 0 aliphatic rings. The van der Waals surface area contributed by atoms with E-state index in [-0.39, 0.29) is 10.8 Å². The van der Waals surface area contributed by atoms with Crippen LogP contribution in [0.5, 0.6) is 0 Å². The second kappa shape index (κ2) is 9.06. The van der Waals surface area contributed by atoms with Gasteiger partial charge in [0, 0.05) is 20.7 Å². The largest absolute Gasteiger partial charge is 0.390 e. The Labute approximate surface area is 196 Å². The van der Waals surface area contributed by atoms with E-state index in [2.05, 4.69) is 93.4 Å². The van der Waals surface area contributed by atoms with Gasteiger partial charge in [-0.1, -0.05) is 52.8 Å². The van der Waals surface area contributed by atoms with Gasteiger partial charge in [0.25, 0.3) is 0 Å². The highest BCUT2D eigenvalue weighted by Gasteiger charge is 2.36. The Hall–Kier alpha value is -2.05. The second-order valence-electron chi connectivity index (χ2n) is 10.3. The molecule has 0 fully saturated rings. The molecule has 0 aliphatic heterocycles. The lowest BCUT2D eigenvalue weighted by Gasteiger charge is -2.37. The smallest absolute Gasteiger partial charge is 0.204 e. The Morgan fingerprint density at radius 1 is 1.00 bits per heavy atom. The number of H-pyrrole nitrogens is 1. The maximum absolute atomic E-state index is 11.0. The van der Waals surface area contributed by atoms with Crippen molar-refractivity contribution in [2.75, 3.05) is 0 Å². The maximum atomic E-state index is 11.0. The number of hydrogen-bond acceptors (Lipinski definition) is 5. The lowest BCUT2D eigenvalue weighted by molar-refractivity contribution is -0.0475. The van der Waals surface area contributed by atoms with Gasteiger partial charge in [-0.2, -0.15) is 5.21 Å². The van der Waals surface area contributed by atoms with Crippen LogP contribution in [0.25, 0.3) is 11.4 Å². The first-order valence-electron chi connectivity index (χ1n) is 11.6. The Kier molecular flexibility index (Phi) is 6.97. The van der Waals surface area contributed by atoms with Crippen molar-refractivity contribution in [1.29, 1.82) is 0 Å². The Morgan fingerprint density at radius 3 is 2.22 bits per heavy atom. The SMILES string of the molecule is CCC(CC)(c1ccc(-c2nn[nH]n2)c(C)c1)c1cc(C)c(CCC(C)(O)C(C)(C)C)s1. The number of aliphatic hydroxyl groups is 1. The summed E-state index contributed by atoms with van der Waals surface area (Å²) in [5, 5.41) is 25.5. The standard InChI is InChI=1S/C26H38N4OS/c1-9-26(10-2,19-11-12-20(17(3)15-19)23-27-29-30-28-23)22-16-18(4)21(32-22)13-14-25(8,31)24(5,6)7/h11-12,15-16,31H,9-10,13-14H2,1-8H3,(H,27,28,29,30). The van der Waals surface area contributed by atoms with Gasteiger partial charge in [0.1, 0.15) is 0 Å². The van der Waals surface area contributed by atoms with E-state index >= 15 is 0 Å². The first kappa shape index (κ1) is 24.6. The number of thiophene rings is 1. The molecule has 0 bridgehead atoms. The predicted octanol–water partition coefficient (Wildman–Crippen LogP) is 6.38. The highest BCUT2D eigenvalue weighted by atomic mass is 32.1. The summed E-state index contributed by atoms with van der Waals surface area (Å²) < 4.78 is 0. The fraction of sp³-hybridized carbons (Fsp3) is 0.577.